The van der Waals surface area contributed by atoms with Crippen molar-refractivity contribution in [1.82, 2.24) is 0 Å². The van der Waals surface area contributed by atoms with Gasteiger partial charge in [-0.2, -0.15) is 0 Å². The van der Waals surface area contributed by atoms with Crippen LogP contribution in [0.25, 0.3) is 4.98 Å². The molecule has 0 spiro atoms. The second-order valence-electron chi connectivity index (χ2n) is 7.11. The van der Waals surface area contributed by atoms with Gasteiger partial charge in [0, 0.05) is 0 Å². The lowest BCUT2D eigenvalue weighted by atomic mass is 10.1. The molecule has 1 N–H and O–H groups in total. The Hall–Kier alpha value is -2.62. The molecule has 1 atom stereocenters. The zero-order valence-electron chi connectivity index (χ0n) is 17.5. The lowest BCUT2D eigenvalue weighted by Gasteiger charge is -2.22. The molecule has 0 aliphatic carbocycles. The highest BCUT2D eigenvalue weighted by Crippen LogP contribution is 2.33. The number of hydrogen-bond donors (Lipinski definition) is 1. The van der Waals surface area contributed by atoms with Crippen molar-refractivity contribution in [3.63, 3.8) is 0 Å². The van der Waals surface area contributed by atoms with Crippen LogP contribution in [0.2, 0.25) is 18.1 Å². The van der Waals surface area contributed by atoms with Gasteiger partial charge in [0.25, 0.3) is 0 Å². The summed E-state index contributed by atoms with van der Waals surface area (Å²) in [6, 6.07) is 22.2. The van der Waals surface area contributed by atoms with E-state index < -0.39 is 14.2 Å². The van der Waals surface area contributed by atoms with Gasteiger partial charge >= 0.3 is 11.3 Å². The minimum Gasteiger partial charge on any atom is -0.476 e. The maximum absolute atomic E-state index is 10.8. The van der Waals surface area contributed by atoms with Gasteiger partial charge in [-0.3, -0.25) is 0 Å². The van der Waals surface area contributed by atoms with Gasteiger partial charge in [0.05, 0.1) is 13.2 Å². The quantitative estimate of drug-likeness (QED) is 0.257. The number of aliphatic hydroxyl groups is 1. The maximum atomic E-state index is 10.8. The van der Waals surface area contributed by atoms with Crippen molar-refractivity contribution in [2.75, 3.05) is 6.61 Å². The normalized spacial score (nSPS) is 13.3. The summed E-state index contributed by atoms with van der Waals surface area (Å²) in [5.41, 5.74) is 1.96. The summed E-state index contributed by atoms with van der Waals surface area (Å²) in [5.74, 6) is -0.290. The zero-order valence-corrected chi connectivity index (χ0v) is 18.5. The molecule has 0 aliphatic rings. The predicted octanol–water partition coefficient (Wildman–Crippen LogP) is 6.59. The third-order valence-corrected chi connectivity index (χ3v) is 11.0. The average molecular weight is 412 g/mol. The summed E-state index contributed by atoms with van der Waals surface area (Å²) in [4.78, 5) is 3.47. The molecule has 154 valence electrons. The van der Waals surface area contributed by atoms with E-state index in [0.29, 0.717) is 11.9 Å². The van der Waals surface area contributed by atoms with E-state index in [4.69, 9.17) is 9.47 Å². The first-order valence-electron chi connectivity index (χ1n) is 10.2. The van der Waals surface area contributed by atoms with E-state index in [2.05, 4.69) is 25.7 Å². The summed E-state index contributed by atoms with van der Waals surface area (Å²) in [7, 11) is -2.11. The molecule has 0 saturated carbocycles. The number of nitrogens with zero attached hydrogens (tertiary/aromatic N) is 2. The van der Waals surface area contributed by atoms with Gasteiger partial charge in [-0.25, -0.2) is 0 Å². The zero-order chi connectivity index (χ0) is 21.1. The maximum Gasteiger partial charge on any atom is 0.404 e. The van der Waals surface area contributed by atoms with Gasteiger partial charge in [-0.1, -0.05) is 81.4 Å². The number of diazo groups is 1. The molecule has 2 aromatic rings. The molecular weight excluding hydrogens is 380 g/mol. The second kappa shape index (κ2) is 11.4. The summed E-state index contributed by atoms with van der Waals surface area (Å²) in [5, 5.41) is 20.8. The SMILES string of the molecule is CC[Si](CC)(CC)/C([N+]#N)=C(\O)OC(COCc1ccccc1)c1ccccc1. The standard InChI is InChI=1S/C23H30N2O3Si/c1-4-29(5-2,6-3)22(25-24)23(26)28-21(20-15-11-8-12-16-20)18-27-17-19-13-9-7-10-14-19/h7-16,21H,4-6,17-18H2,1-3H3/p+1/b23-22+. The fraction of sp³-hybridized carbons (Fsp3) is 0.391. The Labute approximate surface area is 174 Å². The first kappa shape index (κ1) is 22.7. The Balaban J connectivity index is 2.23. The Morgan fingerprint density at radius 2 is 1.52 bits per heavy atom. The first-order valence-corrected chi connectivity index (χ1v) is 12.8. The highest BCUT2D eigenvalue weighted by molar-refractivity contribution is 6.86. The monoisotopic (exact) mass is 411 g/mol. The second-order valence-corrected chi connectivity index (χ2v) is 12.3. The van der Waals surface area contributed by atoms with Crippen LogP contribution in [0.15, 0.2) is 71.9 Å². The number of rotatable bonds is 11. The summed E-state index contributed by atoms with van der Waals surface area (Å²) >= 11 is 0. The fourth-order valence-electron chi connectivity index (χ4n) is 3.54. The Morgan fingerprint density at radius 3 is 2.03 bits per heavy atom. The summed E-state index contributed by atoms with van der Waals surface area (Å²) < 4.78 is 11.8. The van der Waals surface area contributed by atoms with E-state index in [1.54, 1.807) is 0 Å². The van der Waals surface area contributed by atoms with Gasteiger partial charge in [-0.05, 0) is 29.3 Å². The largest absolute Gasteiger partial charge is 0.476 e. The molecule has 0 bridgehead atoms. The molecule has 0 aliphatic heterocycles. The number of benzene rings is 2. The smallest absolute Gasteiger partial charge is 0.404 e. The molecule has 29 heavy (non-hydrogen) atoms. The van der Waals surface area contributed by atoms with Crippen LogP contribution in [0.1, 0.15) is 38.0 Å². The van der Waals surface area contributed by atoms with E-state index in [0.717, 1.165) is 29.3 Å². The Kier molecular flexibility index (Phi) is 8.91. The number of aliphatic hydroxyl groups excluding tert-OH is 1. The van der Waals surface area contributed by atoms with Crippen LogP contribution >= 0.6 is 0 Å². The van der Waals surface area contributed by atoms with Crippen molar-refractivity contribution in [1.29, 1.82) is 5.39 Å². The molecule has 0 aromatic heterocycles. The molecule has 0 heterocycles. The lowest BCUT2D eigenvalue weighted by Crippen LogP contribution is -2.35. The Morgan fingerprint density at radius 1 is 0.966 bits per heavy atom. The van der Waals surface area contributed by atoms with E-state index in [9.17, 15) is 10.5 Å². The highest BCUT2D eigenvalue weighted by Gasteiger charge is 2.47. The molecule has 6 heteroatoms. The molecule has 2 rings (SSSR count). The Bertz CT molecular complexity index is 807. The molecular formula is C23H31N2O3Si+. The van der Waals surface area contributed by atoms with Gasteiger partial charge in [0.1, 0.15) is 0 Å². The van der Waals surface area contributed by atoms with E-state index in [-0.39, 0.29) is 12.6 Å². The summed E-state index contributed by atoms with van der Waals surface area (Å²) in [6.07, 6.45) is -0.506. The molecule has 0 saturated heterocycles. The van der Waals surface area contributed by atoms with Gasteiger partial charge in [0.2, 0.25) is 13.5 Å². The lowest BCUT2D eigenvalue weighted by molar-refractivity contribution is -0.0305. The van der Waals surface area contributed by atoms with Crippen molar-refractivity contribution < 1.29 is 14.6 Å². The number of ether oxygens (including phenoxy) is 2. The van der Waals surface area contributed by atoms with Gasteiger partial charge < -0.3 is 14.6 Å². The van der Waals surface area contributed by atoms with Crippen molar-refractivity contribution >= 4 is 8.07 Å². The number of hydrogen-bond acceptors (Lipinski definition) is 4. The molecule has 1 unspecified atom stereocenters. The van der Waals surface area contributed by atoms with Crippen molar-refractivity contribution in [3.8, 4) is 0 Å². The molecule has 0 radical (unpaired) electrons. The van der Waals surface area contributed by atoms with E-state index in [1.807, 2.05) is 60.7 Å². The van der Waals surface area contributed by atoms with Crippen LogP contribution in [0.5, 0.6) is 0 Å². The molecule has 5 nitrogen and oxygen atoms in total. The van der Waals surface area contributed by atoms with E-state index >= 15 is 0 Å². The molecule has 0 fully saturated rings. The van der Waals surface area contributed by atoms with Crippen LogP contribution in [0, 0.1) is 5.39 Å². The van der Waals surface area contributed by atoms with Crippen molar-refractivity contribution in [2.24, 2.45) is 0 Å². The van der Waals surface area contributed by atoms with Crippen molar-refractivity contribution in [3.05, 3.63) is 88.0 Å². The summed E-state index contributed by atoms with van der Waals surface area (Å²) in [6.45, 7) is 6.95. The van der Waals surface area contributed by atoms with Crippen LogP contribution in [0.4, 0.5) is 0 Å². The highest BCUT2D eigenvalue weighted by atomic mass is 28.3. The third kappa shape index (κ3) is 5.93. The van der Waals surface area contributed by atoms with Crippen LogP contribution in [-0.2, 0) is 16.1 Å². The average Bonchev–Trinajstić information content (AvgIpc) is 2.78. The molecule has 0 amide bonds. The first-order chi connectivity index (χ1) is 14.1. The van der Waals surface area contributed by atoms with Gasteiger partial charge in [0.15, 0.2) is 11.1 Å². The minimum atomic E-state index is -2.11. The fourth-order valence-corrected chi connectivity index (χ4v) is 6.77. The van der Waals surface area contributed by atoms with E-state index in [1.165, 1.54) is 0 Å². The molecule has 2 aromatic carbocycles. The third-order valence-electron chi connectivity index (χ3n) is 5.64. The topological polar surface area (TPSA) is 66.8 Å². The van der Waals surface area contributed by atoms with Crippen LogP contribution < -0.4 is 0 Å². The van der Waals surface area contributed by atoms with Crippen molar-refractivity contribution in [2.45, 2.75) is 51.6 Å². The van der Waals surface area contributed by atoms with Gasteiger partial charge in [-0.15, -0.1) is 0 Å². The van der Waals surface area contributed by atoms with Crippen LogP contribution in [-0.4, -0.2) is 19.8 Å². The minimum absolute atomic E-state index is 0.264. The predicted molar refractivity (Wildman–Crippen MR) is 118 cm³/mol. The van der Waals surface area contributed by atoms with Crippen LogP contribution in [0.3, 0.4) is 0 Å².